The summed E-state index contributed by atoms with van der Waals surface area (Å²) in [5.41, 5.74) is 0.0832. The molecular weight excluding hydrogens is 345 g/mol. The van der Waals surface area contributed by atoms with E-state index < -0.39 is 23.2 Å². The van der Waals surface area contributed by atoms with E-state index in [0.29, 0.717) is 5.69 Å². The Hall–Kier alpha value is -2.54. The number of hydrogen-bond acceptors (Lipinski definition) is 3. The third kappa shape index (κ3) is 3.99. The molecule has 1 heterocycles. The largest absolute Gasteiger partial charge is 0.417 e. The highest BCUT2D eigenvalue weighted by molar-refractivity contribution is 6.05. The van der Waals surface area contributed by atoms with Gasteiger partial charge in [-0.25, -0.2) is 0 Å². The molecule has 0 spiro atoms. The van der Waals surface area contributed by atoms with Crippen molar-refractivity contribution in [1.82, 2.24) is 0 Å². The first-order chi connectivity index (χ1) is 12.4. The highest BCUT2D eigenvalue weighted by atomic mass is 19.4. The van der Waals surface area contributed by atoms with Gasteiger partial charge in [-0.1, -0.05) is 12.1 Å². The molecule has 4 nitrogen and oxygen atoms in total. The Labute approximate surface area is 149 Å². The van der Waals surface area contributed by atoms with Gasteiger partial charge in [0.2, 0.25) is 0 Å². The van der Waals surface area contributed by atoms with Gasteiger partial charge >= 0.3 is 6.18 Å². The molecule has 7 heteroatoms. The molecule has 1 saturated heterocycles. The fourth-order valence-electron chi connectivity index (χ4n) is 3.04. The maximum Gasteiger partial charge on any atom is 0.417 e. The summed E-state index contributed by atoms with van der Waals surface area (Å²) in [7, 11) is 1.69. The summed E-state index contributed by atoms with van der Waals surface area (Å²) in [6.45, 7) is 1.67. The van der Waals surface area contributed by atoms with E-state index in [9.17, 15) is 18.0 Å². The van der Waals surface area contributed by atoms with E-state index in [1.165, 1.54) is 18.2 Å². The maximum absolute atomic E-state index is 13.0. The smallest absolute Gasteiger partial charge is 0.380 e. The molecule has 3 rings (SSSR count). The Kier molecular flexibility index (Phi) is 5.18. The van der Waals surface area contributed by atoms with Crippen LogP contribution in [0.1, 0.15) is 22.3 Å². The second kappa shape index (κ2) is 7.37. The zero-order chi connectivity index (χ0) is 18.7. The molecule has 2 aromatic rings. The summed E-state index contributed by atoms with van der Waals surface area (Å²) >= 11 is 0. The minimum absolute atomic E-state index is 0.202. The van der Waals surface area contributed by atoms with Crippen molar-refractivity contribution < 1.29 is 22.7 Å². The molecule has 26 heavy (non-hydrogen) atoms. The second-order valence-electron chi connectivity index (χ2n) is 6.14. The third-order valence-electron chi connectivity index (χ3n) is 4.45. The predicted molar refractivity (Wildman–Crippen MR) is 93.5 cm³/mol. The third-order valence-corrected chi connectivity index (χ3v) is 4.45. The fourth-order valence-corrected chi connectivity index (χ4v) is 3.04. The molecule has 0 radical (unpaired) electrons. The molecule has 0 saturated carbocycles. The Balaban J connectivity index is 1.71. The average molecular weight is 364 g/mol. The van der Waals surface area contributed by atoms with Crippen molar-refractivity contribution in [3.8, 4) is 0 Å². The zero-order valence-electron chi connectivity index (χ0n) is 14.2. The first-order valence-corrected chi connectivity index (χ1v) is 8.24. The molecule has 0 bridgehead atoms. The molecule has 1 unspecified atom stereocenters. The Morgan fingerprint density at radius 1 is 1.15 bits per heavy atom. The molecule has 1 fully saturated rings. The van der Waals surface area contributed by atoms with Gasteiger partial charge in [0.25, 0.3) is 5.91 Å². The van der Waals surface area contributed by atoms with Crippen molar-refractivity contribution in [2.24, 2.45) is 0 Å². The van der Waals surface area contributed by atoms with E-state index in [0.717, 1.165) is 31.3 Å². The van der Waals surface area contributed by atoms with Gasteiger partial charge in [-0.2, -0.15) is 13.2 Å². The van der Waals surface area contributed by atoms with Crippen LogP contribution >= 0.6 is 0 Å². The zero-order valence-corrected chi connectivity index (χ0v) is 14.2. The lowest BCUT2D eigenvalue weighted by Crippen LogP contribution is -2.22. The summed E-state index contributed by atoms with van der Waals surface area (Å²) < 4.78 is 44.5. The van der Waals surface area contributed by atoms with Crippen LogP contribution < -0.4 is 10.2 Å². The van der Waals surface area contributed by atoms with E-state index in [2.05, 4.69) is 10.2 Å². The number of carbonyl (C=O) groups is 1. The summed E-state index contributed by atoms with van der Waals surface area (Å²) in [4.78, 5) is 14.4. The average Bonchev–Trinajstić information content (AvgIpc) is 3.11. The molecular formula is C19H19F3N2O2. The van der Waals surface area contributed by atoms with Gasteiger partial charge < -0.3 is 15.0 Å². The Morgan fingerprint density at radius 2 is 1.85 bits per heavy atom. The Bertz CT molecular complexity index is 775. The van der Waals surface area contributed by atoms with E-state index in [-0.39, 0.29) is 6.10 Å². The lowest BCUT2D eigenvalue weighted by molar-refractivity contribution is -0.137. The number of nitrogens with zero attached hydrogens (tertiary/aromatic N) is 1. The number of alkyl halides is 3. The molecule has 138 valence electrons. The van der Waals surface area contributed by atoms with Gasteiger partial charge in [-0.15, -0.1) is 0 Å². The molecule has 1 atom stereocenters. The van der Waals surface area contributed by atoms with Gasteiger partial charge in [-0.05, 0) is 42.8 Å². The van der Waals surface area contributed by atoms with E-state index >= 15 is 0 Å². The minimum Gasteiger partial charge on any atom is -0.380 e. The number of amides is 1. The number of carbonyl (C=O) groups excluding carboxylic acids is 1. The van der Waals surface area contributed by atoms with Crippen LogP contribution in [-0.2, 0) is 10.9 Å². The van der Waals surface area contributed by atoms with Gasteiger partial charge in [0, 0.05) is 31.6 Å². The number of hydrogen-bond donors (Lipinski definition) is 1. The number of methoxy groups -OCH3 is 1. The fraction of sp³-hybridized carbons (Fsp3) is 0.316. The first kappa shape index (κ1) is 18.3. The molecule has 0 aliphatic carbocycles. The monoisotopic (exact) mass is 364 g/mol. The van der Waals surface area contributed by atoms with Gasteiger partial charge in [0.05, 0.1) is 17.2 Å². The van der Waals surface area contributed by atoms with Crippen molar-refractivity contribution in [3.05, 3.63) is 59.7 Å². The summed E-state index contributed by atoms with van der Waals surface area (Å²) in [5, 5.41) is 2.53. The van der Waals surface area contributed by atoms with Crippen molar-refractivity contribution in [2.45, 2.75) is 18.7 Å². The van der Waals surface area contributed by atoms with E-state index in [1.54, 1.807) is 19.2 Å². The highest BCUT2D eigenvalue weighted by Crippen LogP contribution is 2.32. The van der Waals surface area contributed by atoms with Crippen molar-refractivity contribution in [3.63, 3.8) is 0 Å². The maximum atomic E-state index is 13.0. The number of anilines is 2. The molecule has 2 aromatic carbocycles. The van der Waals surface area contributed by atoms with Crippen LogP contribution in [0.5, 0.6) is 0 Å². The van der Waals surface area contributed by atoms with Crippen LogP contribution in [0, 0.1) is 0 Å². The summed E-state index contributed by atoms with van der Waals surface area (Å²) in [6, 6.07) is 11.8. The lowest BCUT2D eigenvalue weighted by Gasteiger charge is -2.19. The molecule has 1 aliphatic rings. The van der Waals surface area contributed by atoms with Crippen LogP contribution in [0.4, 0.5) is 24.5 Å². The lowest BCUT2D eigenvalue weighted by atomic mass is 10.1. The number of rotatable bonds is 4. The van der Waals surface area contributed by atoms with E-state index in [4.69, 9.17) is 4.74 Å². The number of nitrogens with one attached hydrogen (secondary N) is 1. The summed E-state index contributed by atoms with van der Waals surface area (Å²) in [6.07, 6.45) is -3.43. The van der Waals surface area contributed by atoms with E-state index in [1.807, 2.05) is 12.1 Å². The predicted octanol–water partition coefficient (Wildman–Crippen LogP) is 4.18. The SMILES string of the molecule is COC1CCN(c2ccc(NC(=O)c3ccccc3C(F)(F)F)cc2)C1. The topological polar surface area (TPSA) is 41.6 Å². The highest BCUT2D eigenvalue weighted by Gasteiger charge is 2.34. The van der Waals surface area contributed by atoms with Crippen molar-refractivity contribution >= 4 is 17.3 Å². The Morgan fingerprint density at radius 3 is 2.46 bits per heavy atom. The van der Waals surface area contributed by atoms with Crippen LogP contribution in [-0.4, -0.2) is 32.2 Å². The first-order valence-electron chi connectivity index (χ1n) is 8.24. The van der Waals surface area contributed by atoms with Gasteiger partial charge in [-0.3, -0.25) is 4.79 Å². The normalized spacial score (nSPS) is 17.4. The molecule has 1 N–H and O–H groups in total. The van der Waals surface area contributed by atoms with Gasteiger partial charge in [0.1, 0.15) is 0 Å². The standard InChI is InChI=1S/C19H19F3N2O2/c1-26-15-10-11-24(12-15)14-8-6-13(7-9-14)23-18(25)16-4-2-3-5-17(16)19(20,21)22/h2-9,15H,10-12H2,1H3,(H,23,25). The number of ether oxygens (including phenoxy) is 1. The van der Waals surface area contributed by atoms with Crippen LogP contribution in [0.25, 0.3) is 0 Å². The second-order valence-corrected chi connectivity index (χ2v) is 6.14. The van der Waals surface area contributed by atoms with Crippen LogP contribution in [0.15, 0.2) is 48.5 Å². The quantitative estimate of drug-likeness (QED) is 0.885. The number of benzene rings is 2. The van der Waals surface area contributed by atoms with Crippen LogP contribution in [0.2, 0.25) is 0 Å². The molecule has 1 amide bonds. The van der Waals surface area contributed by atoms with Crippen molar-refractivity contribution in [2.75, 3.05) is 30.4 Å². The molecule has 1 aliphatic heterocycles. The van der Waals surface area contributed by atoms with Crippen molar-refractivity contribution in [1.29, 1.82) is 0 Å². The molecule has 0 aromatic heterocycles. The minimum atomic E-state index is -4.58. The number of halogens is 3. The van der Waals surface area contributed by atoms with Gasteiger partial charge in [0.15, 0.2) is 0 Å². The van der Waals surface area contributed by atoms with Crippen LogP contribution in [0.3, 0.4) is 0 Å². The summed E-state index contributed by atoms with van der Waals surface area (Å²) in [5.74, 6) is -0.786.